The molecule has 0 unspecified atom stereocenters. The third-order valence-electron chi connectivity index (χ3n) is 2.03. The van der Waals surface area contributed by atoms with Gasteiger partial charge in [-0.25, -0.2) is 0 Å². The first kappa shape index (κ1) is 13.0. The monoisotopic (exact) mass is 236 g/mol. The molecule has 0 saturated heterocycles. The highest BCUT2D eigenvalue weighted by atomic mass is 19.4. The van der Waals surface area contributed by atoms with Gasteiger partial charge in [-0.1, -0.05) is 13.3 Å². The molecule has 16 heavy (non-hydrogen) atoms. The summed E-state index contributed by atoms with van der Waals surface area (Å²) in [6.07, 6.45) is -0.982. The molecule has 0 N–H and O–H groups in total. The van der Waals surface area contributed by atoms with Gasteiger partial charge in [0.2, 0.25) is 0 Å². The van der Waals surface area contributed by atoms with Crippen LogP contribution in [0.3, 0.4) is 0 Å². The van der Waals surface area contributed by atoms with E-state index in [4.69, 9.17) is 4.74 Å². The third-order valence-corrected chi connectivity index (χ3v) is 2.03. The highest BCUT2D eigenvalue weighted by molar-refractivity contribution is 4.98. The van der Waals surface area contributed by atoms with Crippen LogP contribution in [-0.4, -0.2) is 22.6 Å². The van der Waals surface area contributed by atoms with Crippen molar-refractivity contribution in [1.29, 1.82) is 0 Å². The van der Waals surface area contributed by atoms with Gasteiger partial charge in [0.05, 0.1) is 12.3 Å². The van der Waals surface area contributed by atoms with Crippen molar-refractivity contribution in [2.45, 2.75) is 39.1 Å². The number of ether oxygens (including phenoxy) is 1. The summed E-state index contributed by atoms with van der Waals surface area (Å²) in [6, 6.07) is 1.54. The number of hydrogen-bond donors (Lipinski definition) is 0. The van der Waals surface area contributed by atoms with Crippen molar-refractivity contribution in [3.05, 3.63) is 18.0 Å². The van der Waals surface area contributed by atoms with E-state index in [0.29, 0.717) is 12.3 Å². The highest BCUT2D eigenvalue weighted by Gasteiger charge is 2.29. The number of nitrogens with zero attached hydrogens (tertiary/aromatic N) is 2. The number of alkyl halides is 3. The van der Waals surface area contributed by atoms with E-state index in [0.717, 1.165) is 17.5 Å². The molecule has 0 bridgehead atoms. The fraction of sp³-hybridized carbons (Fsp3) is 0.700. The predicted octanol–water partition coefficient (Wildman–Crippen LogP) is 2.76. The van der Waals surface area contributed by atoms with Crippen LogP contribution < -0.4 is 0 Å². The summed E-state index contributed by atoms with van der Waals surface area (Å²) in [5.41, 5.74) is 0.452. The van der Waals surface area contributed by atoms with E-state index >= 15 is 0 Å². The van der Waals surface area contributed by atoms with Gasteiger partial charge in [-0.05, 0) is 12.5 Å². The summed E-state index contributed by atoms with van der Waals surface area (Å²) in [5.74, 6) is 0. The highest BCUT2D eigenvalue weighted by Crippen LogP contribution is 2.18. The van der Waals surface area contributed by atoms with Gasteiger partial charge in [0.25, 0.3) is 0 Å². The van der Waals surface area contributed by atoms with E-state index in [-0.39, 0.29) is 6.61 Å². The molecule has 3 nitrogen and oxygen atoms in total. The van der Waals surface area contributed by atoms with E-state index in [1.807, 2.05) is 6.92 Å². The van der Waals surface area contributed by atoms with E-state index < -0.39 is 12.7 Å². The van der Waals surface area contributed by atoms with Crippen molar-refractivity contribution in [3.63, 3.8) is 0 Å². The van der Waals surface area contributed by atoms with Crippen molar-refractivity contribution in [2.75, 3.05) is 6.61 Å². The number of hydrogen-bond acceptors (Lipinski definition) is 2. The average molecular weight is 236 g/mol. The van der Waals surface area contributed by atoms with E-state index in [1.54, 1.807) is 0 Å². The van der Waals surface area contributed by atoms with Gasteiger partial charge in [0.1, 0.15) is 6.54 Å². The zero-order valence-corrected chi connectivity index (χ0v) is 9.13. The maximum atomic E-state index is 12.1. The van der Waals surface area contributed by atoms with Gasteiger partial charge >= 0.3 is 6.18 Å². The minimum Gasteiger partial charge on any atom is -0.375 e. The topological polar surface area (TPSA) is 27.1 Å². The number of unbranched alkanes of at least 4 members (excludes halogenated alkanes) is 1. The van der Waals surface area contributed by atoms with Crippen LogP contribution in [0.15, 0.2) is 12.3 Å². The Kier molecular flexibility index (Phi) is 4.79. The second-order valence-corrected chi connectivity index (χ2v) is 3.50. The lowest BCUT2D eigenvalue weighted by molar-refractivity contribution is -0.143. The molecule has 92 valence electrons. The Morgan fingerprint density at radius 3 is 2.81 bits per heavy atom. The fourth-order valence-electron chi connectivity index (χ4n) is 1.22. The van der Waals surface area contributed by atoms with Crippen molar-refractivity contribution in [1.82, 2.24) is 9.78 Å². The van der Waals surface area contributed by atoms with Crippen LogP contribution in [0.25, 0.3) is 0 Å². The largest absolute Gasteiger partial charge is 0.408 e. The first-order valence-corrected chi connectivity index (χ1v) is 5.18. The first-order valence-electron chi connectivity index (χ1n) is 5.18. The molecule has 1 aromatic heterocycles. The first-order chi connectivity index (χ1) is 7.53. The zero-order valence-electron chi connectivity index (χ0n) is 9.13. The zero-order chi connectivity index (χ0) is 12.0. The standard InChI is InChI=1S/C10H15F3N2O/c1-2-3-6-16-7-9-4-5-14-15(9)8-10(11,12)13/h4-5H,2-3,6-8H2,1H3. The fourth-order valence-corrected chi connectivity index (χ4v) is 1.22. The maximum absolute atomic E-state index is 12.1. The van der Waals surface area contributed by atoms with Gasteiger partial charge in [0.15, 0.2) is 0 Å². The van der Waals surface area contributed by atoms with Gasteiger partial charge in [-0.2, -0.15) is 18.3 Å². The van der Waals surface area contributed by atoms with Crippen molar-refractivity contribution in [2.24, 2.45) is 0 Å². The van der Waals surface area contributed by atoms with Crippen LogP contribution >= 0.6 is 0 Å². The van der Waals surface area contributed by atoms with Crippen LogP contribution in [0.5, 0.6) is 0 Å². The molecule has 0 aromatic carbocycles. The SMILES string of the molecule is CCCCOCc1ccnn1CC(F)(F)F. The van der Waals surface area contributed by atoms with Crippen LogP contribution in [0.2, 0.25) is 0 Å². The molecule has 0 saturated carbocycles. The molecule has 0 atom stereocenters. The molecule has 0 aliphatic carbocycles. The summed E-state index contributed by atoms with van der Waals surface area (Å²) >= 11 is 0. The molecule has 6 heteroatoms. The minimum absolute atomic E-state index is 0.177. The van der Waals surface area contributed by atoms with Crippen LogP contribution in [0.1, 0.15) is 25.5 Å². The number of aromatic nitrogens is 2. The quantitative estimate of drug-likeness (QED) is 0.710. The van der Waals surface area contributed by atoms with Crippen molar-refractivity contribution >= 4 is 0 Å². The maximum Gasteiger partial charge on any atom is 0.408 e. The number of halogens is 3. The lowest BCUT2D eigenvalue weighted by Gasteiger charge is -2.10. The lowest BCUT2D eigenvalue weighted by Crippen LogP contribution is -2.20. The Hall–Kier alpha value is -1.04. The number of rotatable bonds is 6. The Morgan fingerprint density at radius 2 is 2.19 bits per heavy atom. The third kappa shape index (κ3) is 4.65. The molecular weight excluding hydrogens is 221 g/mol. The summed E-state index contributed by atoms with van der Waals surface area (Å²) in [6.45, 7) is 1.70. The smallest absolute Gasteiger partial charge is 0.375 e. The summed E-state index contributed by atoms with van der Waals surface area (Å²) in [4.78, 5) is 0. The molecule has 0 aliphatic heterocycles. The second kappa shape index (κ2) is 5.89. The molecular formula is C10H15F3N2O. The van der Waals surface area contributed by atoms with E-state index in [1.165, 1.54) is 12.3 Å². The second-order valence-electron chi connectivity index (χ2n) is 3.50. The molecule has 0 spiro atoms. The van der Waals surface area contributed by atoms with Crippen molar-refractivity contribution in [3.8, 4) is 0 Å². The summed E-state index contributed by atoms with van der Waals surface area (Å²) < 4.78 is 42.6. The molecule has 1 heterocycles. The molecule has 1 aromatic rings. The Labute approximate surface area is 92.2 Å². The molecule has 0 amide bonds. The van der Waals surface area contributed by atoms with Crippen LogP contribution in [0.4, 0.5) is 13.2 Å². The average Bonchev–Trinajstić information content (AvgIpc) is 2.58. The van der Waals surface area contributed by atoms with Gasteiger partial charge in [-0.3, -0.25) is 4.68 Å². The van der Waals surface area contributed by atoms with Gasteiger partial charge in [0, 0.05) is 12.8 Å². The Balaban J connectivity index is 2.44. The van der Waals surface area contributed by atoms with E-state index in [9.17, 15) is 13.2 Å². The van der Waals surface area contributed by atoms with E-state index in [2.05, 4.69) is 5.10 Å². The molecule has 0 radical (unpaired) electrons. The molecule has 0 fully saturated rings. The van der Waals surface area contributed by atoms with Gasteiger partial charge < -0.3 is 4.74 Å². The Morgan fingerprint density at radius 1 is 1.44 bits per heavy atom. The molecule has 1 rings (SSSR count). The minimum atomic E-state index is -4.25. The van der Waals surface area contributed by atoms with Crippen molar-refractivity contribution < 1.29 is 17.9 Å². The lowest BCUT2D eigenvalue weighted by atomic mass is 10.3. The van der Waals surface area contributed by atoms with Gasteiger partial charge in [-0.15, -0.1) is 0 Å². The summed E-state index contributed by atoms with van der Waals surface area (Å²) in [5, 5.41) is 3.62. The normalized spacial score (nSPS) is 12.0. The molecule has 0 aliphatic rings. The Bertz CT molecular complexity index is 309. The van der Waals surface area contributed by atoms with Crippen LogP contribution in [0, 0.1) is 0 Å². The summed E-state index contributed by atoms with van der Waals surface area (Å²) in [7, 11) is 0. The van der Waals surface area contributed by atoms with Crippen LogP contribution in [-0.2, 0) is 17.9 Å². The predicted molar refractivity (Wildman–Crippen MR) is 52.8 cm³/mol.